The number of hydrogen-bond donors (Lipinski definition) is 2. The zero-order chi connectivity index (χ0) is 32.0. The van der Waals surface area contributed by atoms with Crippen LogP contribution in [0.1, 0.15) is 61.4 Å². The number of alkyl halides is 1. The first kappa shape index (κ1) is 29.3. The van der Waals surface area contributed by atoms with Crippen LogP contribution in [0.4, 0.5) is 19.0 Å². The summed E-state index contributed by atoms with van der Waals surface area (Å²) >= 11 is 0. The number of halogens is 3. The van der Waals surface area contributed by atoms with Gasteiger partial charge in [-0.3, -0.25) is 9.89 Å². The number of anilines is 1. The number of aromatic nitrogens is 2. The third-order valence-corrected chi connectivity index (χ3v) is 11.1. The molecule has 2 aromatic carbocycles. The highest BCUT2D eigenvalue weighted by atomic mass is 19.1. The molecule has 1 aromatic heterocycles. The molecule has 2 N–H and O–H groups in total. The Labute approximate surface area is 271 Å². The minimum Gasteiger partial charge on any atom is -0.508 e. The Balaban J connectivity index is 1.23. The molecule has 3 aromatic rings. The molecular formula is C35H38F3N7O2. The van der Waals surface area contributed by atoms with Gasteiger partial charge >= 0.3 is 6.01 Å². The number of aliphatic imine (C=N–C) groups is 1. The number of piperazine rings is 1. The van der Waals surface area contributed by atoms with E-state index in [0.29, 0.717) is 96.8 Å². The number of aromatic hydroxyl groups is 1. The molecule has 246 valence electrons. The summed E-state index contributed by atoms with van der Waals surface area (Å²) in [6.07, 6.45) is 3.82. The number of fused-ring (bicyclic) bond motifs is 7. The molecule has 7 heterocycles. The first-order chi connectivity index (χ1) is 22.8. The van der Waals surface area contributed by atoms with Gasteiger partial charge in [0.1, 0.15) is 41.7 Å². The molecule has 6 aliphatic rings. The van der Waals surface area contributed by atoms with Gasteiger partial charge in [-0.2, -0.15) is 9.97 Å². The Bertz CT molecular complexity index is 1850. The van der Waals surface area contributed by atoms with Crippen molar-refractivity contribution in [3.63, 3.8) is 0 Å². The second kappa shape index (κ2) is 10.8. The second-order valence-corrected chi connectivity index (χ2v) is 14.0. The number of ether oxygens (including phenoxy) is 1. The fourth-order valence-corrected chi connectivity index (χ4v) is 9.11. The fourth-order valence-electron chi connectivity index (χ4n) is 9.11. The van der Waals surface area contributed by atoms with Gasteiger partial charge in [-0.15, -0.1) is 0 Å². The monoisotopic (exact) mass is 645 g/mol. The molecule has 0 amide bonds. The first-order valence-electron chi connectivity index (χ1n) is 16.9. The molecule has 4 fully saturated rings. The van der Waals surface area contributed by atoms with Gasteiger partial charge < -0.3 is 25.0 Å². The van der Waals surface area contributed by atoms with Crippen molar-refractivity contribution in [3.8, 4) is 11.8 Å². The van der Waals surface area contributed by atoms with Crippen LogP contribution in [0.25, 0.3) is 22.3 Å². The van der Waals surface area contributed by atoms with Crippen LogP contribution in [0.15, 0.2) is 29.3 Å². The zero-order valence-electron chi connectivity index (χ0n) is 26.4. The number of phenolic OH excluding ortho intramolecular Hbond substituents is 1. The number of rotatable bonds is 6. The van der Waals surface area contributed by atoms with E-state index in [-0.39, 0.29) is 35.6 Å². The molecular weight excluding hydrogens is 607 g/mol. The lowest BCUT2D eigenvalue weighted by atomic mass is 9.92. The van der Waals surface area contributed by atoms with E-state index >= 15 is 8.78 Å². The molecule has 6 aliphatic heterocycles. The van der Waals surface area contributed by atoms with Crippen LogP contribution >= 0.6 is 0 Å². The summed E-state index contributed by atoms with van der Waals surface area (Å²) in [6.45, 7) is 5.59. The van der Waals surface area contributed by atoms with Gasteiger partial charge in [-0.25, -0.2) is 13.2 Å². The molecule has 0 spiro atoms. The van der Waals surface area contributed by atoms with E-state index in [4.69, 9.17) is 19.7 Å². The number of aryl methyl sites for hydroxylation is 1. The van der Waals surface area contributed by atoms with E-state index < -0.39 is 17.5 Å². The Morgan fingerprint density at radius 1 is 1.09 bits per heavy atom. The van der Waals surface area contributed by atoms with E-state index in [1.807, 2.05) is 11.8 Å². The van der Waals surface area contributed by atoms with Crippen molar-refractivity contribution in [2.75, 3.05) is 50.8 Å². The maximum Gasteiger partial charge on any atom is 0.319 e. The van der Waals surface area contributed by atoms with Crippen LogP contribution in [0, 0.1) is 5.82 Å². The lowest BCUT2D eigenvalue weighted by molar-refractivity contribution is 0.107. The Kier molecular flexibility index (Phi) is 6.73. The minimum atomic E-state index is -0.903. The second-order valence-electron chi connectivity index (χ2n) is 14.0. The zero-order valence-corrected chi connectivity index (χ0v) is 26.4. The highest BCUT2D eigenvalue weighted by Crippen LogP contribution is 2.46. The van der Waals surface area contributed by atoms with Gasteiger partial charge in [0, 0.05) is 50.2 Å². The van der Waals surface area contributed by atoms with Crippen LogP contribution in [0.3, 0.4) is 0 Å². The first-order valence-corrected chi connectivity index (χ1v) is 16.9. The van der Waals surface area contributed by atoms with Crippen LogP contribution in [0.2, 0.25) is 0 Å². The summed E-state index contributed by atoms with van der Waals surface area (Å²) in [4.78, 5) is 20.8. The van der Waals surface area contributed by atoms with Gasteiger partial charge in [-0.1, -0.05) is 13.0 Å². The van der Waals surface area contributed by atoms with E-state index in [1.54, 1.807) is 12.1 Å². The van der Waals surface area contributed by atoms with Gasteiger partial charge in [0.2, 0.25) is 0 Å². The number of nitrogens with zero attached hydrogens (tertiary/aromatic N) is 6. The van der Waals surface area contributed by atoms with Crippen LogP contribution in [0.5, 0.6) is 11.8 Å². The number of nitrogens with one attached hydrogen (secondary N) is 1. The third kappa shape index (κ3) is 4.54. The van der Waals surface area contributed by atoms with Crippen molar-refractivity contribution in [2.45, 2.75) is 69.2 Å². The van der Waals surface area contributed by atoms with E-state index in [0.717, 1.165) is 32.2 Å². The van der Waals surface area contributed by atoms with Crippen LogP contribution in [-0.4, -0.2) is 100 Å². The number of benzene rings is 2. The largest absolute Gasteiger partial charge is 0.508 e. The lowest BCUT2D eigenvalue weighted by Gasteiger charge is -2.37. The summed E-state index contributed by atoms with van der Waals surface area (Å²) in [5.41, 5.74) is 1.21. The van der Waals surface area contributed by atoms with Crippen molar-refractivity contribution in [3.05, 3.63) is 52.5 Å². The molecule has 0 radical (unpaired) electrons. The maximum atomic E-state index is 17.4. The summed E-state index contributed by atoms with van der Waals surface area (Å²) in [7, 11) is 0. The highest BCUT2D eigenvalue weighted by molar-refractivity contribution is 6.18. The van der Waals surface area contributed by atoms with E-state index in [9.17, 15) is 9.50 Å². The SMILES string of the molecule is CCc1c(F)ccc2cc(O)cc(C3=C(F)c4nc(OC[C@@]56CCCN5C[C@H](F)C6)nc(N5C[C@H]6CC[C@@H](C5)N6)c4C4=NCCN43)c12. The van der Waals surface area contributed by atoms with Gasteiger partial charge in [0.25, 0.3) is 0 Å². The Hall–Kier alpha value is -3.90. The predicted octanol–water partition coefficient (Wildman–Crippen LogP) is 4.80. The van der Waals surface area contributed by atoms with E-state index in [2.05, 4.69) is 15.1 Å². The molecule has 0 aliphatic carbocycles. The quantitative estimate of drug-likeness (QED) is 0.396. The number of phenols is 1. The van der Waals surface area contributed by atoms with Crippen LogP contribution in [-0.2, 0) is 6.42 Å². The van der Waals surface area contributed by atoms with Crippen molar-refractivity contribution >= 4 is 33.9 Å². The highest BCUT2D eigenvalue weighted by Gasteiger charge is 2.50. The number of hydrogen-bond acceptors (Lipinski definition) is 9. The third-order valence-electron chi connectivity index (χ3n) is 11.1. The van der Waals surface area contributed by atoms with Crippen molar-refractivity contribution in [2.24, 2.45) is 4.99 Å². The maximum absolute atomic E-state index is 17.4. The molecule has 12 heteroatoms. The van der Waals surface area contributed by atoms with Crippen molar-refractivity contribution in [1.29, 1.82) is 0 Å². The Morgan fingerprint density at radius 2 is 1.91 bits per heavy atom. The molecule has 9 rings (SSSR count). The van der Waals surface area contributed by atoms with Crippen LogP contribution < -0.4 is 15.0 Å². The summed E-state index contributed by atoms with van der Waals surface area (Å²) in [5, 5.41) is 15.6. The van der Waals surface area contributed by atoms with Gasteiger partial charge in [0.05, 0.1) is 23.3 Å². The Morgan fingerprint density at radius 3 is 2.72 bits per heavy atom. The average molecular weight is 646 g/mol. The number of amidine groups is 1. The van der Waals surface area contributed by atoms with Crippen molar-refractivity contribution in [1.82, 2.24) is 25.1 Å². The molecule has 9 nitrogen and oxygen atoms in total. The fraction of sp³-hybridized carbons (Fsp3) is 0.514. The molecule has 4 atom stereocenters. The lowest BCUT2D eigenvalue weighted by Crippen LogP contribution is -2.52. The summed E-state index contributed by atoms with van der Waals surface area (Å²) in [6, 6.07) is 6.74. The molecule has 47 heavy (non-hydrogen) atoms. The standard InChI is InChI=1S/C35H38F3N7O2/c1-2-24-26(37)7-4-19-12-23(46)13-25(27(19)24)31-29(38)30-28(32-39-9-11-45(31)32)33(43-16-21-5-6-22(17-43)40-21)42-34(41-30)47-18-35-8-3-10-44(35)15-20(36)14-35/h4,7,12-13,20-22,40,46H,2-3,5-6,8-11,14-18H2,1H3/t20-,21-,22+,35+/m1/s1. The predicted molar refractivity (Wildman–Crippen MR) is 174 cm³/mol. The summed E-state index contributed by atoms with van der Waals surface area (Å²) < 4.78 is 53.5. The van der Waals surface area contributed by atoms with Gasteiger partial charge in [0.15, 0.2) is 5.83 Å². The smallest absolute Gasteiger partial charge is 0.319 e. The molecule has 0 unspecified atom stereocenters. The molecule has 2 bridgehead atoms. The summed E-state index contributed by atoms with van der Waals surface area (Å²) in [5.74, 6) is 0.120. The topological polar surface area (TPSA) is 89.4 Å². The molecule has 4 saturated heterocycles. The van der Waals surface area contributed by atoms with Gasteiger partial charge in [-0.05, 0) is 73.2 Å². The minimum absolute atomic E-state index is 0.0447. The normalized spacial score (nSPS) is 28.3. The van der Waals surface area contributed by atoms with Crippen molar-refractivity contribution < 1.29 is 23.0 Å². The van der Waals surface area contributed by atoms with E-state index in [1.165, 1.54) is 12.1 Å². The molecule has 0 saturated carbocycles. The average Bonchev–Trinajstić information content (AvgIpc) is 3.83.